The minimum absolute atomic E-state index is 0.243. The van der Waals surface area contributed by atoms with Crippen molar-refractivity contribution in [2.24, 2.45) is 0 Å². The van der Waals surface area contributed by atoms with E-state index in [-0.39, 0.29) is 11.6 Å². The lowest BCUT2D eigenvalue weighted by Crippen LogP contribution is -2.28. The highest BCUT2D eigenvalue weighted by Gasteiger charge is 2.09. The summed E-state index contributed by atoms with van der Waals surface area (Å²) in [5.74, 6) is -0.290. The van der Waals surface area contributed by atoms with Gasteiger partial charge in [-0.05, 0) is 19.1 Å². The first-order chi connectivity index (χ1) is 8.11. The first-order valence-electron chi connectivity index (χ1n) is 5.32. The minimum atomic E-state index is -0.290. The molecule has 1 rings (SSSR count). The van der Waals surface area contributed by atoms with Crippen molar-refractivity contribution in [2.45, 2.75) is 6.92 Å². The molecule has 0 spiro atoms. The number of anilines is 1. The summed E-state index contributed by atoms with van der Waals surface area (Å²) >= 11 is 0. The molecule has 0 aliphatic heterocycles. The molecule has 1 aromatic rings. The number of carbonyl (C=O) groups excluding carboxylic acids is 1. The lowest BCUT2D eigenvalue weighted by atomic mass is 10.3. The van der Waals surface area contributed by atoms with Crippen LogP contribution in [0.3, 0.4) is 0 Å². The number of amides is 1. The van der Waals surface area contributed by atoms with E-state index in [1.54, 1.807) is 12.1 Å². The third-order valence-electron chi connectivity index (χ3n) is 1.93. The standard InChI is InChI=1S/C12H17N3O2/c1-9(2)8-17-7-6-15-12(16)11-10(13)4-3-5-14-11/h3-5H,1,6-8,13H2,2H3,(H,15,16). The third kappa shape index (κ3) is 4.65. The zero-order valence-corrected chi connectivity index (χ0v) is 9.90. The number of rotatable bonds is 6. The fourth-order valence-electron chi connectivity index (χ4n) is 1.17. The van der Waals surface area contributed by atoms with Gasteiger partial charge in [-0.1, -0.05) is 12.2 Å². The molecule has 0 aliphatic rings. The molecule has 0 fully saturated rings. The molecule has 0 saturated carbocycles. The van der Waals surface area contributed by atoms with Crippen LogP contribution in [0.25, 0.3) is 0 Å². The zero-order valence-electron chi connectivity index (χ0n) is 9.90. The first kappa shape index (κ1) is 13.2. The van der Waals surface area contributed by atoms with E-state index in [1.165, 1.54) is 6.20 Å². The Kier molecular flexibility index (Phi) is 5.16. The van der Waals surface area contributed by atoms with Crippen molar-refractivity contribution < 1.29 is 9.53 Å². The van der Waals surface area contributed by atoms with Gasteiger partial charge in [-0.3, -0.25) is 4.79 Å². The van der Waals surface area contributed by atoms with E-state index in [1.807, 2.05) is 6.92 Å². The maximum Gasteiger partial charge on any atom is 0.272 e. The Bertz CT molecular complexity index is 404. The number of hydrogen-bond donors (Lipinski definition) is 2. The van der Waals surface area contributed by atoms with E-state index in [0.717, 1.165) is 5.57 Å². The Morgan fingerprint density at radius 1 is 1.65 bits per heavy atom. The Morgan fingerprint density at radius 2 is 2.41 bits per heavy atom. The summed E-state index contributed by atoms with van der Waals surface area (Å²) in [5.41, 5.74) is 7.19. The number of aromatic nitrogens is 1. The molecule has 17 heavy (non-hydrogen) atoms. The van der Waals surface area contributed by atoms with Crippen molar-refractivity contribution in [3.05, 3.63) is 36.2 Å². The minimum Gasteiger partial charge on any atom is -0.397 e. The predicted octanol–water partition coefficient (Wildman–Crippen LogP) is 0.986. The topological polar surface area (TPSA) is 77.2 Å². The summed E-state index contributed by atoms with van der Waals surface area (Å²) in [6, 6.07) is 3.32. The van der Waals surface area contributed by atoms with Crippen molar-refractivity contribution in [3.8, 4) is 0 Å². The van der Waals surface area contributed by atoms with Crippen LogP contribution in [-0.2, 0) is 4.74 Å². The number of nitrogens with zero attached hydrogens (tertiary/aromatic N) is 1. The van der Waals surface area contributed by atoms with Crippen molar-refractivity contribution in [3.63, 3.8) is 0 Å². The molecule has 0 saturated heterocycles. The average Bonchev–Trinajstić information content (AvgIpc) is 2.28. The van der Waals surface area contributed by atoms with Crippen LogP contribution in [0.2, 0.25) is 0 Å². The van der Waals surface area contributed by atoms with Crippen molar-refractivity contribution in [1.82, 2.24) is 10.3 Å². The Morgan fingerprint density at radius 3 is 3.06 bits per heavy atom. The second kappa shape index (κ2) is 6.65. The zero-order chi connectivity index (χ0) is 12.7. The highest BCUT2D eigenvalue weighted by atomic mass is 16.5. The summed E-state index contributed by atoms with van der Waals surface area (Å²) < 4.78 is 5.25. The van der Waals surface area contributed by atoms with Crippen LogP contribution >= 0.6 is 0 Å². The fraction of sp³-hybridized carbons (Fsp3) is 0.333. The number of hydrogen-bond acceptors (Lipinski definition) is 4. The SMILES string of the molecule is C=C(C)COCCNC(=O)c1ncccc1N. The van der Waals surface area contributed by atoms with Gasteiger partial charge in [0.25, 0.3) is 5.91 Å². The number of nitrogens with two attached hydrogens (primary N) is 1. The maximum absolute atomic E-state index is 11.6. The van der Waals surface area contributed by atoms with Gasteiger partial charge in [0, 0.05) is 12.7 Å². The fourth-order valence-corrected chi connectivity index (χ4v) is 1.17. The van der Waals surface area contributed by atoms with Crippen molar-refractivity contribution in [1.29, 1.82) is 0 Å². The number of ether oxygens (including phenoxy) is 1. The average molecular weight is 235 g/mol. The van der Waals surface area contributed by atoms with Crippen LogP contribution in [0.1, 0.15) is 17.4 Å². The molecular weight excluding hydrogens is 218 g/mol. The van der Waals surface area contributed by atoms with Crippen LogP contribution in [0.4, 0.5) is 5.69 Å². The molecule has 5 heteroatoms. The Balaban J connectivity index is 2.31. The van der Waals surface area contributed by atoms with E-state index in [2.05, 4.69) is 16.9 Å². The molecule has 1 amide bonds. The lowest BCUT2D eigenvalue weighted by molar-refractivity contribution is 0.0923. The predicted molar refractivity (Wildman–Crippen MR) is 66.6 cm³/mol. The molecule has 0 unspecified atom stereocenters. The largest absolute Gasteiger partial charge is 0.397 e. The lowest BCUT2D eigenvalue weighted by Gasteiger charge is -2.07. The first-order valence-corrected chi connectivity index (χ1v) is 5.32. The number of nitrogen functional groups attached to an aromatic ring is 1. The van der Waals surface area contributed by atoms with Gasteiger partial charge >= 0.3 is 0 Å². The van der Waals surface area contributed by atoms with Gasteiger partial charge in [-0.15, -0.1) is 0 Å². The molecule has 0 radical (unpaired) electrons. The molecule has 0 bridgehead atoms. The highest BCUT2D eigenvalue weighted by Crippen LogP contribution is 2.05. The molecule has 0 aromatic carbocycles. The number of pyridine rings is 1. The van der Waals surface area contributed by atoms with Gasteiger partial charge in [-0.2, -0.15) is 0 Å². The second-order valence-electron chi connectivity index (χ2n) is 3.71. The monoisotopic (exact) mass is 235 g/mol. The summed E-state index contributed by atoms with van der Waals surface area (Å²) in [6.07, 6.45) is 1.53. The molecule has 0 aliphatic carbocycles. The second-order valence-corrected chi connectivity index (χ2v) is 3.71. The van der Waals surface area contributed by atoms with Crippen LogP contribution < -0.4 is 11.1 Å². The normalized spacial score (nSPS) is 9.94. The molecule has 92 valence electrons. The van der Waals surface area contributed by atoms with Crippen LogP contribution in [0.15, 0.2) is 30.5 Å². The van der Waals surface area contributed by atoms with E-state index in [0.29, 0.717) is 25.4 Å². The Labute approximate surface area is 101 Å². The molecule has 5 nitrogen and oxygen atoms in total. The Hall–Kier alpha value is -1.88. The smallest absolute Gasteiger partial charge is 0.272 e. The van der Waals surface area contributed by atoms with Crippen LogP contribution in [-0.4, -0.2) is 30.6 Å². The van der Waals surface area contributed by atoms with Gasteiger partial charge in [-0.25, -0.2) is 4.98 Å². The molecule has 0 atom stereocenters. The van der Waals surface area contributed by atoms with Gasteiger partial charge in [0.15, 0.2) is 5.69 Å². The molecule has 1 heterocycles. The van der Waals surface area contributed by atoms with E-state index in [9.17, 15) is 4.79 Å². The van der Waals surface area contributed by atoms with E-state index in [4.69, 9.17) is 10.5 Å². The van der Waals surface area contributed by atoms with Crippen molar-refractivity contribution >= 4 is 11.6 Å². The van der Waals surface area contributed by atoms with Gasteiger partial charge < -0.3 is 15.8 Å². The third-order valence-corrected chi connectivity index (χ3v) is 1.93. The summed E-state index contributed by atoms with van der Waals surface area (Å²) in [7, 11) is 0. The molecular formula is C12H17N3O2. The van der Waals surface area contributed by atoms with Gasteiger partial charge in [0.2, 0.25) is 0 Å². The number of nitrogens with one attached hydrogen (secondary N) is 1. The van der Waals surface area contributed by atoms with Crippen LogP contribution in [0.5, 0.6) is 0 Å². The van der Waals surface area contributed by atoms with Gasteiger partial charge in [0.1, 0.15) is 0 Å². The van der Waals surface area contributed by atoms with Gasteiger partial charge in [0.05, 0.1) is 18.9 Å². The van der Waals surface area contributed by atoms with Crippen molar-refractivity contribution in [2.75, 3.05) is 25.5 Å². The van der Waals surface area contributed by atoms with E-state index >= 15 is 0 Å². The quantitative estimate of drug-likeness (QED) is 0.569. The molecule has 1 aromatic heterocycles. The van der Waals surface area contributed by atoms with Crippen LogP contribution in [0, 0.1) is 0 Å². The highest BCUT2D eigenvalue weighted by molar-refractivity contribution is 5.96. The summed E-state index contributed by atoms with van der Waals surface area (Å²) in [6.45, 7) is 6.95. The van der Waals surface area contributed by atoms with E-state index < -0.39 is 0 Å². The summed E-state index contributed by atoms with van der Waals surface area (Å²) in [5, 5.41) is 2.68. The number of carbonyl (C=O) groups is 1. The summed E-state index contributed by atoms with van der Waals surface area (Å²) in [4.78, 5) is 15.5. The molecule has 3 N–H and O–H groups in total. The maximum atomic E-state index is 11.6.